The van der Waals surface area contributed by atoms with Crippen molar-refractivity contribution in [2.24, 2.45) is 0 Å². The molecule has 0 aliphatic carbocycles. The van der Waals surface area contributed by atoms with E-state index in [2.05, 4.69) is 5.32 Å². The third-order valence-corrected chi connectivity index (χ3v) is 2.97. The van der Waals surface area contributed by atoms with Gasteiger partial charge >= 0.3 is 0 Å². The number of hydrogen-bond donors (Lipinski definition) is 2. The van der Waals surface area contributed by atoms with Crippen LogP contribution < -0.4 is 15.8 Å². The van der Waals surface area contributed by atoms with Crippen LogP contribution in [0.25, 0.3) is 0 Å². The first-order chi connectivity index (χ1) is 8.20. The zero-order valence-electron chi connectivity index (χ0n) is 9.27. The highest BCUT2D eigenvalue weighted by Crippen LogP contribution is 2.21. The fourth-order valence-electron chi connectivity index (χ4n) is 1.39. The monoisotopic (exact) mass is 248 g/mol. The van der Waals surface area contributed by atoms with Crippen molar-refractivity contribution in [2.45, 2.75) is 0 Å². The van der Waals surface area contributed by atoms with Crippen molar-refractivity contribution in [1.82, 2.24) is 0 Å². The van der Waals surface area contributed by atoms with Crippen LogP contribution in [0.5, 0.6) is 5.75 Å². The number of anilines is 2. The number of nitrogens with one attached hydrogen (secondary N) is 1. The van der Waals surface area contributed by atoms with E-state index >= 15 is 0 Å². The van der Waals surface area contributed by atoms with Crippen LogP contribution in [0.3, 0.4) is 0 Å². The molecule has 17 heavy (non-hydrogen) atoms. The molecule has 1 amide bonds. The van der Waals surface area contributed by atoms with E-state index in [1.54, 1.807) is 25.3 Å². The topological polar surface area (TPSA) is 64.3 Å². The Labute approximate surface area is 103 Å². The fourth-order valence-corrected chi connectivity index (χ4v) is 1.98. The first kappa shape index (κ1) is 11.5. The second-order valence-electron chi connectivity index (χ2n) is 3.42. The number of carbonyl (C=O) groups excluding carboxylic acids is 1. The number of amides is 1. The van der Waals surface area contributed by atoms with Crippen molar-refractivity contribution in [2.75, 3.05) is 18.2 Å². The highest BCUT2D eigenvalue weighted by molar-refractivity contribution is 7.08. The van der Waals surface area contributed by atoms with Gasteiger partial charge in [0.2, 0.25) is 0 Å². The summed E-state index contributed by atoms with van der Waals surface area (Å²) in [6, 6.07) is 6.83. The lowest BCUT2D eigenvalue weighted by Gasteiger charge is -2.08. The molecule has 5 heteroatoms. The van der Waals surface area contributed by atoms with Gasteiger partial charge in [-0.25, -0.2) is 0 Å². The molecule has 0 saturated heterocycles. The molecule has 3 N–H and O–H groups in total. The van der Waals surface area contributed by atoms with Crippen LogP contribution in [-0.2, 0) is 0 Å². The molecule has 2 aromatic rings. The molecule has 0 aliphatic heterocycles. The van der Waals surface area contributed by atoms with Crippen molar-refractivity contribution < 1.29 is 9.53 Å². The summed E-state index contributed by atoms with van der Waals surface area (Å²) in [5.74, 6) is 0.370. The highest BCUT2D eigenvalue weighted by Gasteiger charge is 2.11. The molecule has 0 unspecified atom stereocenters. The van der Waals surface area contributed by atoms with Crippen molar-refractivity contribution in [3.05, 3.63) is 40.6 Å². The minimum atomic E-state index is -0.236. The predicted molar refractivity (Wildman–Crippen MR) is 69.7 cm³/mol. The van der Waals surface area contributed by atoms with Crippen molar-refractivity contribution in [1.29, 1.82) is 0 Å². The Morgan fingerprint density at radius 2 is 2.24 bits per heavy atom. The molecule has 0 fully saturated rings. The maximum Gasteiger partial charge on any atom is 0.257 e. The summed E-state index contributed by atoms with van der Waals surface area (Å²) in [6.45, 7) is 0. The van der Waals surface area contributed by atoms with Gasteiger partial charge in [-0.05, 0) is 29.6 Å². The van der Waals surface area contributed by atoms with Gasteiger partial charge in [0, 0.05) is 11.1 Å². The number of thiophene rings is 1. The van der Waals surface area contributed by atoms with Crippen LogP contribution in [0.4, 0.5) is 11.4 Å². The third kappa shape index (κ3) is 2.57. The van der Waals surface area contributed by atoms with Crippen molar-refractivity contribution in [3.8, 4) is 5.75 Å². The largest absolute Gasteiger partial charge is 0.497 e. The van der Waals surface area contributed by atoms with E-state index < -0.39 is 0 Å². The number of nitrogen functional groups attached to an aromatic ring is 1. The molecule has 88 valence electrons. The average molecular weight is 248 g/mol. The highest BCUT2D eigenvalue weighted by atomic mass is 32.1. The number of ether oxygens (including phenoxy) is 1. The van der Waals surface area contributed by atoms with E-state index in [0.29, 0.717) is 17.0 Å². The number of hydrogen-bond acceptors (Lipinski definition) is 4. The quantitative estimate of drug-likeness (QED) is 0.820. The number of rotatable bonds is 3. The lowest BCUT2D eigenvalue weighted by atomic mass is 10.1. The molecular weight excluding hydrogens is 236 g/mol. The van der Waals surface area contributed by atoms with Gasteiger partial charge in [-0.15, -0.1) is 0 Å². The van der Waals surface area contributed by atoms with E-state index in [1.807, 2.05) is 16.8 Å². The molecule has 1 aromatic heterocycles. The Balaban J connectivity index is 2.24. The smallest absolute Gasteiger partial charge is 0.257 e. The standard InChI is InChI=1S/C12H12N2O2S/c1-16-9-2-3-11(13)10(6-9)12(15)14-8-4-5-17-7-8/h2-7H,13H2,1H3,(H,14,15). The van der Waals surface area contributed by atoms with Gasteiger partial charge in [0.15, 0.2) is 0 Å². The molecule has 0 atom stereocenters. The summed E-state index contributed by atoms with van der Waals surface area (Å²) in [5.41, 5.74) is 7.37. The summed E-state index contributed by atoms with van der Waals surface area (Å²) in [5, 5.41) is 6.52. The summed E-state index contributed by atoms with van der Waals surface area (Å²) >= 11 is 1.52. The van der Waals surface area contributed by atoms with Crippen LogP contribution in [0.15, 0.2) is 35.0 Å². The molecule has 4 nitrogen and oxygen atoms in total. The summed E-state index contributed by atoms with van der Waals surface area (Å²) in [6.07, 6.45) is 0. The summed E-state index contributed by atoms with van der Waals surface area (Å²) < 4.78 is 5.06. The van der Waals surface area contributed by atoms with Gasteiger partial charge in [-0.3, -0.25) is 4.79 Å². The maximum absolute atomic E-state index is 12.0. The van der Waals surface area contributed by atoms with Crippen LogP contribution in [-0.4, -0.2) is 13.0 Å². The lowest BCUT2D eigenvalue weighted by Crippen LogP contribution is -2.13. The van der Waals surface area contributed by atoms with Crippen molar-refractivity contribution >= 4 is 28.6 Å². The van der Waals surface area contributed by atoms with Crippen LogP contribution in [0.2, 0.25) is 0 Å². The summed E-state index contributed by atoms with van der Waals surface area (Å²) in [4.78, 5) is 12.0. The molecular formula is C12H12N2O2S. The number of nitrogens with two attached hydrogens (primary N) is 1. The predicted octanol–water partition coefficient (Wildman–Crippen LogP) is 2.59. The minimum Gasteiger partial charge on any atom is -0.497 e. The van der Waals surface area contributed by atoms with Crippen LogP contribution in [0, 0.1) is 0 Å². The molecule has 0 aliphatic rings. The molecule has 0 radical (unpaired) electrons. The van der Waals surface area contributed by atoms with E-state index in [4.69, 9.17) is 10.5 Å². The average Bonchev–Trinajstić information content (AvgIpc) is 2.82. The molecule has 1 aromatic carbocycles. The van der Waals surface area contributed by atoms with E-state index in [0.717, 1.165) is 5.69 Å². The number of carbonyl (C=O) groups is 1. The third-order valence-electron chi connectivity index (χ3n) is 2.28. The number of methoxy groups -OCH3 is 1. The second-order valence-corrected chi connectivity index (χ2v) is 4.20. The zero-order valence-corrected chi connectivity index (χ0v) is 10.1. The van der Waals surface area contributed by atoms with Gasteiger partial charge in [-0.1, -0.05) is 0 Å². The van der Waals surface area contributed by atoms with Gasteiger partial charge in [0.25, 0.3) is 5.91 Å². The fraction of sp³-hybridized carbons (Fsp3) is 0.0833. The minimum absolute atomic E-state index is 0.236. The van der Waals surface area contributed by atoms with Crippen LogP contribution in [0.1, 0.15) is 10.4 Å². The molecule has 0 spiro atoms. The first-order valence-corrected chi connectivity index (χ1v) is 5.92. The Bertz CT molecular complexity index is 523. The van der Waals surface area contributed by atoms with E-state index in [9.17, 15) is 4.79 Å². The van der Waals surface area contributed by atoms with E-state index in [1.165, 1.54) is 11.3 Å². The first-order valence-electron chi connectivity index (χ1n) is 4.98. The van der Waals surface area contributed by atoms with Gasteiger partial charge in [-0.2, -0.15) is 11.3 Å². The lowest BCUT2D eigenvalue weighted by molar-refractivity contribution is 0.102. The maximum atomic E-state index is 12.0. The van der Waals surface area contributed by atoms with E-state index in [-0.39, 0.29) is 5.91 Å². The second kappa shape index (κ2) is 4.88. The Hall–Kier alpha value is -2.01. The van der Waals surface area contributed by atoms with Gasteiger partial charge in [0.1, 0.15) is 5.75 Å². The molecule has 0 saturated carbocycles. The number of benzene rings is 1. The molecule has 0 bridgehead atoms. The van der Waals surface area contributed by atoms with Crippen molar-refractivity contribution in [3.63, 3.8) is 0 Å². The Morgan fingerprint density at radius 1 is 1.41 bits per heavy atom. The zero-order chi connectivity index (χ0) is 12.3. The Morgan fingerprint density at radius 3 is 2.88 bits per heavy atom. The normalized spacial score (nSPS) is 9.94. The molecule has 1 heterocycles. The van der Waals surface area contributed by atoms with Gasteiger partial charge < -0.3 is 15.8 Å². The Kier molecular flexibility index (Phi) is 3.30. The van der Waals surface area contributed by atoms with Gasteiger partial charge in [0.05, 0.1) is 18.4 Å². The molecule has 2 rings (SSSR count). The SMILES string of the molecule is COc1ccc(N)c(C(=O)Nc2ccsc2)c1. The van der Waals surface area contributed by atoms with Crippen LogP contribution >= 0.6 is 11.3 Å². The summed E-state index contributed by atoms with van der Waals surface area (Å²) in [7, 11) is 1.55.